The molecule has 4 nitrogen and oxygen atoms in total. The Morgan fingerprint density at radius 2 is 1.38 bits per heavy atom. The number of hydrogen-bond acceptors (Lipinski definition) is 4. The number of carbonyl (C=O) groups is 2. The van der Waals surface area contributed by atoms with Gasteiger partial charge in [-0.1, -0.05) is 37.6 Å². The summed E-state index contributed by atoms with van der Waals surface area (Å²) in [6, 6.07) is 5.59. The zero-order valence-electron chi connectivity index (χ0n) is 17.5. The molecule has 0 radical (unpaired) electrons. The van der Waals surface area contributed by atoms with Gasteiger partial charge in [-0.2, -0.15) is 0 Å². The second-order valence-electron chi connectivity index (χ2n) is 7.46. The Morgan fingerprint density at radius 3 is 1.97 bits per heavy atom. The molecule has 176 valence electrons. The molecule has 1 aliphatic rings. The number of ether oxygens (including phenoxy) is 1. The molecule has 0 saturated heterocycles. The molecular formula is C24H15F6NO3. The lowest BCUT2D eigenvalue weighted by Gasteiger charge is -2.23. The molecule has 1 N–H and O–H groups in total. The molecule has 0 spiro atoms. The van der Waals surface area contributed by atoms with Gasteiger partial charge in [-0.15, -0.1) is 0 Å². The third-order valence-corrected chi connectivity index (χ3v) is 5.31. The fourth-order valence-electron chi connectivity index (χ4n) is 3.61. The van der Waals surface area contributed by atoms with Gasteiger partial charge in [0.15, 0.2) is 52.2 Å². The third-order valence-electron chi connectivity index (χ3n) is 5.31. The van der Waals surface area contributed by atoms with Crippen molar-refractivity contribution in [2.75, 3.05) is 11.9 Å². The summed E-state index contributed by atoms with van der Waals surface area (Å²) < 4.78 is 91.5. The number of ketones is 2. The van der Waals surface area contributed by atoms with E-state index in [1.807, 2.05) is 5.32 Å². The van der Waals surface area contributed by atoms with Gasteiger partial charge in [-0.05, 0) is 6.42 Å². The van der Waals surface area contributed by atoms with E-state index in [1.54, 1.807) is 6.92 Å². The number of halogens is 6. The van der Waals surface area contributed by atoms with Gasteiger partial charge in [0.25, 0.3) is 0 Å². The molecule has 0 fully saturated rings. The van der Waals surface area contributed by atoms with Crippen molar-refractivity contribution in [1.82, 2.24) is 0 Å². The molecule has 0 amide bonds. The number of nitrogens with one attached hydrogen (secondary N) is 1. The standard InChI is InChI=1S/C24H15F6NO3/c1-2-3-8-34-24-19(29)15-14(22(32)10-6-4-5-7-11(10)23(15)33)18(28)21(24)31-13-9-12(25)16(26)20(30)17(13)27/h4-7,9,31H,2-3,8H2,1H3. The van der Waals surface area contributed by atoms with Crippen LogP contribution >= 0.6 is 0 Å². The van der Waals surface area contributed by atoms with E-state index < -0.39 is 74.7 Å². The van der Waals surface area contributed by atoms with E-state index in [0.717, 1.165) is 0 Å². The summed E-state index contributed by atoms with van der Waals surface area (Å²) in [4.78, 5) is 25.9. The summed E-state index contributed by atoms with van der Waals surface area (Å²) in [5.41, 5.74) is -4.21. The van der Waals surface area contributed by atoms with Crippen LogP contribution in [0.4, 0.5) is 37.7 Å². The zero-order valence-corrected chi connectivity index (χ0v) is 17.5. The van der Waals surface area contributed by atoms with Crippen LogP contribution in [0.5, 0.6) is 5.75 Å². The van der Waals surface area contributed by atoms with Crippen molar-refractivity contribution in [3.05, 3.63) is 87.5 Å². The molecule has 0 atom stereocenters. The maximum absolute atomic E-state index is 15.7. The number of unbranched alkanes of at least 4 members (excludes halogenated alkanes) is 1. The van der Waals surface area contributed by atoms with Gasteiger partial charge in [-0.25, -0.2) is 26.3 Å². The molecule has 0 aliphatic heterocycles. The average Bonchev–Trinajstić information content (AvgIpc) is 2.83. The molecule has 0 heterocycles. The molecule has 3 aromatic rings. The first-order valence-corrected chi connectivity index (χ1v) is 10.1. The quantitative estimate of drug-likeness (QED) is 0.154. The predicted octanol–water partition coefficient (Wildman–Crippen LogP) is 6.22. The topological polar surface area (TPSA) is 55.4 Å². The highest BCUT2D eigenvalue weighted by Crippen LogP contribution is 2.42. The number of carbonyl (C=O) groups excluding carboxylic acids is 2. The van der Waals surface area contributed by atoms with Crippen LogP contribution in [0.2, 0.25) is 0 Å². The molecule has 3 aromatic carbocycles. The van der Waals surface area contributed by atoms with Crippen molar-refractivity contribution in [1.29, 1.82) is 0 Å². The second-order valence-corrected chi connectivity index (χ2v) is 7.46. The maximum Gasteiger partial charge on any atom is 0.199 e. The Labute approximate surface area is 189 Å². The number of hydrogen-bond donors (Lipinski definition) is 1. The first kappa shape index (κ1) is 23.3. The van der Waals surface area contributed by atoms with Crippen molar-refractivity contribution >= 4 is 22.9 Å². The normalized spacial score (nSPS) is 12.4. The molecule has 4 rings (SSSR count). The minimum absolute atomic E-state index is 0.146. The molecule has 0 bridgehead atoms. The lowest BCUT2D eigenvalue weighted by Crippen LogP contribution is -2.25. The van der Waals surface area contributed by atoms with E-state index in [-0.39, 0.29) is 23.8 Å². The first-order chi connectivity index (χ1) is 16.2. The predicted molar refractivity (Wildman–Crippen MR) is 110 cm³/mol. The molecule has 0 saturated carbocycles. The summed E-state index contributed by atoms with van der Waals surface area (Å²) in [6.45, 7) is 1.62. The van der Waals surface area contributed by atoms with Gasteiger partial charge in [0, 0.05) is 17.2 Å². The molecule has 34 heavy (non-hydrogen) atoms. The van der Waals surface area contributed by atoms with Crippen LogP contribution in [-0.2, 0) is 0 Å². The minimum atomic E-state index is -2.19. The summed E-state index contributed by atoms with van der Waals surface area (Å²) in [5.74, 6) is -13.8. The Balaban J connectivity index is 1.96. The van der Waals surface area contributed by atoms with E-state index in [9.17, 15) is 27.2 Å². The molecule has 10 heteroatoms. The van der Waals surface area contributed by atoms with E-state index in [1.165, 1.54) is 24.3 Å². The third kappa shape index (κ3) is 3.59. The van der Waals surface area contributed by atoms with Gasteiger partial charge in [0.2, 0.25) is 0 Å². The number of anilines is 2. The SMILES string of the molecule is CCCCOc1c(F)c2c(c(F)c1Nc1cc(F)c(F)c(F)c1F)C(=O)c1ccccc1C2=O. The summed E-state index contributed by atoms with van der Waals surface area (Å²) in [5, 5.41) is 1.97. The van der Waals surface area contributed by atoms with Crippen LogP contribution < -0.4 is 10.1 Å². The monoisotopic (exact) mass is 479 g/mol. The Kier molecular flexibility index (Phi) is 6.07. The molecular weight excluding hydrogens is 464 g/mol. The lowest BCUT2D eigenvalue weighted by atomic mass is 9.83. The van der Waals surface area contributed by atoms with Gasteiger partial charge >= 0.3 is 0 Å². The summed E-state index contributed by atoms with van der Waals surface area (Å²) >= 11 is 0. The van der Waals surface area contributed by atoms with Crippen LogP contribution in [0, 0.1) is 34.9 Å². The lowest BCUT2D eigenvalue weighted by molar-refractivity contribution is 0.0971. The van der Waals surface area contributed by atoms with Crippen molar-refractivity contribution in [3.63, 3.8) is 0 Å². The first-order valence-electron chi connectivity index (χ1n) is 10.1. The van der Waals surface area contributed by atoms with Crippen molar-refractivity contribution in [3.8, 4) is 5.75 Å². The average molecular weight is 479 g/mol. The van der Waals surface area contributed by atoms with Crippen LogP contribution in [0.25, 0.3) is 0 Å². The van der Waals surface area contributed by atoms with Crippen LogP contribution in [0.1, 0.15) is 51.6 Å². The van der Waals surface area contributed by atoms with Gasteiger partial charge < -0.3 is 10.1 Å². The summed E-state index contributed by atoms with van der Waals surface area (Å²) in [7, 11) is 0. The minimum Gasteiger partial charge on any atom is -0.488 e. The Morgan fingerprint density at radius 1 is 0.794 bits per heavy atom. The Bertz CT molecular complexity index is 1360. The number of fused-ring (bicyclic) bond motifs is 2. The summed E-state index contributed by atoms with van der Waals surface area (Å²) in [6.07, 6.45) is 0.965. The largest absolute Gasteiger partial charge is 0.488 e. The second kappa shape index (κ2) is 8.85. The highest BCUT2D eigenvalue weighted by atomic mass is 19.2. The molecule has 1 aliphatic carbocycles. The van der Waals surface area contributed by atoms with E-state index in [0.29, 0.717) is 12.8 Å². The molecule has 0 unspecified atom stereocenters. The fourth-order valence-corrected chi connectivity index (χ4v) is 3.61. The highest BCUT2D eigenvalue weighted by Gasteiger charge is 2.39. The van der Waals surface area contributed by atoms with Gasteiger partial charge in [-0.3, -0.25) is 9.59 Å². The maximum atomic E-state index is 15.7. The van der Waals surface area contributed by atoms with Gasteiger partial charge in [0.1, 0.15) is 5.69 Å². The van der Waals surface area contributed by atoms with Crippen molar-refractivity contribution in [2.45, 2.75) is 19.8 Å². The smallest absolute Gasteiger partial charge is 0.199 e. The number of benzene rings is 3. The van der Waals surface area contributed by atoms with E-state index >= 15 is 8.78 Å². The van der Waals surface area contributed by atoms with E-state index in [2.05, 4.69) is 0 Å². The fraction of sp³-hybridized carbons (Fsp3) is 0.167. The van der Waals surface area contributed by atoms with Crippen molar-refractivity contribution in [2.24, 2.45) is 0 Å². The van der Waals surface area contributed by atoms with Crippen molar-refractivity contribution < 1.29 is 40.7 Å². The Hall–Kier alpha value is -3.82. The molecule has 0 aromatic heterocycles. The zero-order chi connectivity index (χ0) is 24.7. The highest BCUT2D eigenvalue weighted by molar-refractivity contribution is 6.29. The van der Waals surface area contributed by atoms with E-state index in [4.69, 9.17) is 4.74 Å². The van der Waals surface area contributed by atoms with Gasteiger partial charge in [0.05, 0.1) is 23.4 Å². The van der Waals surface area contributed by atoms with Crippen LogP contribution in [0.3, 0.4) is 0 Å². The van der Waals surface area contributed by atoms with Crippen LogP contribution in [-0.4, -0.2) is 18.2 Å². The number of rotatable bonds is 6. The van der Waals surface area contributed by atoms with Crippen LogP contribution in [0.15, 0.2) is 30.3 Å².